The largest absolute Gasteiger partial charge is 0.350 e. The molecule has 1 amide bonds. The summed E-state index contributed by atoms with van der Waals surface area (Å²) in [5, 5.41) is 2.87. The van der Waals surface area contributed by atoms with E-state index < -0.39 is 0 Å². The fraction of sp³-hybridized carbons (Fsp3) is 0.706. The van der Waals surface area contributed by atoms with Gasteiger partial charge in [0.25, 0.3) is 5.56 Å². The first-order chi connectivity index (χ1) is 11.2. The second-order valence-corrected chi connectivity index (χ2v) is 6.72. The van der Waals surface area contributed by atoms with E-state index in [4.69, 9.17) is 0 Å². The van der Waals surface area contributed by atoms with Crippen LogP contribution in [0, 0.1) is 5.92 Å². The molecule has 0 unspecified atom stereocenters. The van der Waals surface area contributed by atoms with E-state index in [2.05, 4.69) is 20.2 Å². The highest BCUT2D eigenvalue weighted by atomic mass is 16.1. The van der Waals surface area contributed by atoms with E-state index in [0.717, 1.165) is 6.42 Å². The number of nitrogens with one attached hydrogen (secondary N) is 2. The van der Waals surface area contributed by atoms with Crippen molar-refractivity contribution in [1.29, 1.82) is 0 Å². The smallest absolute Gasteiger partial charge is 0.250 e. The van der Waals surface area contributed by atoms with Crippen LogP contribution in [-0.4, -0.2) is 39.9 Å². The number of H-pyrrole nitrogens is 1. The molecule has 2 aliphatic rings. The molecule has 3 heterocycles. The first kappa shape index (κ1) is 16.2. The van der Waals surface area contributed by atoms with Gasteiger partial charge < -0.3 is 15.2 Å². The molecule has 6 nitrogen and oxygen atoms in total. The molecule has 3 rings (SSSR count). The van der Waals surface area contributed by atoms with E-state index >= 15 is 0 Å². The van der Waals surface area contributed by atoms with Crippen molar-refractivity contribution in [2.24, 2.45) is 5.92 Å². The zero-order chi connectivity index (χ0) is 16.1. The molecule has 0 radical (unpaired) electrons. The maximum Gasteiger partial charge on any atom is 0.250 e. The molecule has 1 aromatic rings. The van der Waals surface area contributed by atoms with E-state index in [1.807, 2.05) is 0 Å². The second kappa shape index (κ2) is 7.73. The average Bonchev–Trinajstić information content (AvgIpc) is 2.58. The molecule has 6 heteroatoms. The molecular formula is C17H26N4O2. The summed E-state index contributed by atoms with van der Waals surface area (Å²) in [5.74, 6) is 0.715. The number of rotatable bonds is 5. The van der Waals surface area contributed by atoms with E-state index in [1.165, 1.54) is 57.6 Å². The molecule has 126 valence electrons. The molecule has 2 fully saturated rings. The van der Waals surface area contributed by atoms with Crippen molar-refractivity contribution in [1.82, 2.24) is 20.2 Å². The molecule has 0 bridgehead atoms. The lowest BCUT2D eigenvalue weighted by molar-refractivity contribution is -0.121. The lowest BCUT2D eigenvalue weighted by atomic mass is 9.81. The van der Waals surface area contributed by atoms with Crippen molar-refractivity contribution in [2.45, 2.75) is 57.5 Å². The van der Waals surface area contributed by atoms with Crippen molar-refractivity contribution in [3.8, 4) is 0 Å². The van der Waals surface area contributed by atoms with Crippen LogP contribution in [-0.2, 0) is 11.3 Å². The predicted octanol–water partition coefficient (Wildman–Crippen LogP) is 1.43. The van der Waals surface area contributed by atoms with Gasteiger partial charge in [-0.05, 0) is 51.1 Å². The fourth-order valence-corrected chi connectivity index (χ4v) is 4.01. The minimum Gasteiger partial charge on any atom is -0.350 e. The number of amides is 1. The van der Waals surface area contributed by atoms with E-state index in [1.54, 1.807) is 0 Å². The number of carbonyl (C=O) groups excluding carboxylic acids is 1. The topological polar surface area (TPSA) is 78.1 Å². The summed E-state index contributed by atoms with van der Waals surface area (Å²) in [4.78, 5) is 32.4. The molecule has 2 saturated heterocycles. The maximum atomic E-state index is 12.1. The van der Waals surface area contributed by atoms with Crippen molar-refractivity contribution < 1.29 is 4.79 Å². The molecule has 0 spiro atoms. The number of aromatic nitrogens is 2. The van der Waals surface area contributed by atoms with Crippen LogP contribution in [0.1, 0.15) is 50.6 Å². The van der Waals surface area contributed by atoms with Crippen LogP contribution in [0.25, 0.3) is 0 Å². The normalized spacial score (nSPS) is 24.9. The maximum absolute atomic E-state index is 12.1. The first-order valence-electron chi connectivity index (χ1n) is 8.77. The van der Waals surface area contributed by atoms with Gasteiger partial charge in [-0.15, -0.1) is 0 Å². The van der Waals surface area contributed by atoms with Crippen molar-refractivity contribution in [2.75, 3.05) is 13.1 Å². The van der Waals surface area contributed by atoms with E-state index in [9.17, 15) is 9.59 Å². The zero-order valence-electron chi connectivity index (χ0n) is 13.6. The van der Waals surface area contributed by atoms with E-state index in [-0.39, 0.29) is 11.5 Å². The molecule has 2 atom stereocenters. The SMILES string of the molecule is O=C(CC[C@@H]1CCCN2CCCC[C@H]12)NCc1cc(=O)[nH]cn1. The molecule has 2 aliphatic heterocycles. The molecule has 1 aromatic heterocycles. The Morgan fingerprint density at radius 3 is 3.04 bits per heavy atom. The Balaban J connectivity index is 1.44. The molecule has 0 aromatic carbocycles. The Labute approximate surface area is 136 Å². The number of nitrogens with zero attached hydrogens (tertiary/aromatic N) is 2. The molecule has 2 N–H and O–H groups in total. The van der Waals surface area contributed by atoms with Gasteiger partial charge in [-0.25, -0.2) is 4.98 Å². The number of aromatic amines is 1. The van der Waals surface area contributed by atoms with Gasteiger partial charge in [0.2, 0.25) is 5.91 Å². The van der Waals surface area contributed by atoms with Gasteiger partial charge >= 0.3 is 0 Å². The molecular weight excluding hydrogens is 292 g/mol. The van der Waals surface area contributed by atoms with Crippen LogP contribution in [0.4, 0.5) is 0 Å². The zero-order valence-corrected chi connectivity index (χ0v) is 13.6. The number of hydrogen-bond donors (Lipinski definition) is 2. The summed E-state index contributed by atoms with van der Waals surface area (Å²) < 4.78 is 0. The Hall–Kier alpha value is -1.69. The number of piperidine rings is 2. The van der Waals surface area contributed by atoms with Crippen LogP contribution >= 0.6 is 0 Å². The molecule has 0 aliphatic carbocycles. The van der Waals surface area contributed by atoms with Gasteiger partial charge in [-0.3, -0.25) is 9.59 Å². The molecule has 0 saturated carbocycles. The summed E-state index contributed by atoms with van der Waals surface area (Å²) in [6, 6.07) is 2.11. The third kappa shape index (κ3) is 4.41. The van der Waals surface area contributed by atoms with Crippen molar-refractivity contribution >= 4 is 5.91 Å². The summed E-state index contributed by atoms with van der Waals surface area (Å²) in [5.41, 5.74) is 0.405. The van der Waals surface area contributed by atoms with Gasteiger partial charge in [-0.2, -0.15) is 0 Å². The summed E-state index contributed by atoms with van der Waals surface area (Å²) >= 11 is 0. The quantitative estimate of drug-likeness (QED) is 0.861. The Kier molecular flexibility index (Phi) is 5.43. The van der Waals surface area contributed by atoms with E-state index in [0.29, 0.717) is 30.6 Å². The highest BCUT2D eigenvalue weighted by Crippen LogP contribution is 2.33. The van der Waals surface area contributed by atoms with Crippen molar-refractivity contribution in [3.05, 3.63) is 28.4 Å². The predicted molar refractivity (Wildman–Crippen MR) is 87.9 cm³/mol. The van der Waals surface area contributed by atoms with Crippen LogP contribution in [0.2, 0.25) is 0 Å². The summed E-state index contributed by atoms with van der Waals surface area (Å²) in [6.45, 7) is 2.80. The summed E-state index contributed by atoms with van der Waals surface area (Å²) in [7, 11) is 0. The Bertz CT molecular complexity index is 584. The number of fused-ring (bicyclic) bond motifs is 1. The lowest BCUT2D eigenvalue weighted by Crippen LogP contribution is -2.48. The monoisotopic (exact) mass is 318 g/mol. The first-order valence-corrected chi connectivity index (χ1v) is 8.77. The van der Waals surface area contributed by atoms with Gasteiger partial charge in [0, 0.05) is 18.5 Å². The Morgan fingerprint density at radius 2 is 2.17 bits per heavy atom. The highest BCUT2D eigenvalue weighted by molar-refractivity contribution is 5.75. The van der Waals surface area contributed by atoms with Gasteiger partial charge in [0.15, 0.2) is 0 Å². The summed E-state index contributed by atoms with van der Waals surface area (Å²) in [6.07, 6.45) is 9.37. The second-order valence-electron chi connectivity index (χ2n) is 6.72. The number of carbonyl (C=O) groups is 1. The van der Waals surface area contributed by atoms with Gasteiger partial charge in [0.1, 0.15) is 0 Å². The average molecular weight is 318 g/mol. The van der Waals surface area contributed by atoms with Gasteiger partial charge in [0.05, 0.1) is 18.6 Å². The van der Waals surface area contributed by atoms with Crippen LogP contribution in [0.3, 0.4) is 0 Å². The van der Waals surface area contributed by atoms with Crippen LogP contribution < -0.4 is 10.9 Å². The third-order valence-electron chi connectivity index (χ3n) is 5.17. The number of hydrogen-bond acceptors (Lipinski definition) is 4. The van der Waals surface area contributed by atoms with Crippen LogP contribution in [0.15, 0.2) is 17.2 Å². The molecule has 23 heavy (non-hydrogen) atoms. The standard InChI is InChI=1S/C17H26N4O2/c22-16(18-11-14-10-17(23)20-12-19-14)7-6-13-4-3-9-21-8-2-1-5-15(13)21/h10,12-13,15H,1-9,11H2,(H,18,22)(H,19,20,23)/t13-,15+/m0/s1. The lowest BCUT2D eigenvalue weighted by Gasteiger charge is -2.44. The highest BCUT2D eigenvalue weighted by Gasteiger charge is 2.32. The van der Waals surface area contributed by atoms with Gasteiger partial charge in [-0.1, -0.05) is 6.42 Å². The Morgan fingerprint density at radius 1 is 1.30 bits per heavy atom. The third-order valence-corrected chi connectivity index (χ3v) is 5.17. The minimum atomic E-state index is -0.191. The van der Waals surface area contributed by atoms with Crippen molar-refractivity contribution in [3.63, 3.8) is 0 Å². The minimum absolute atomic E-state index is 0.0556. The van der Waals surface area contributed by atoms with Crippen LogP contribution in [0.5, 0.6) is 0 Å². The fourth-order valence-electron chi connectivity index (χ4n) is 4.01.